The van der Waals surface area contributed by atoms with Gasteiger partial charge in [0, 0.05) is 36.5 Å². The quantitative estimate of drug-likeness (QED) is 0.347. The molecule has 0 radical (unpaired) electrons. The Morgan fingerprint density at radius 1 is 0.946 bits per heavy atom. The van der Waals surface area contributed by atoms with Gasteiger partial charge >= 0.3 is 6.03 Å². The van der Waals surface area contributed by atoms with Crippen LogP contribution in [0.2, 0.25) is 10.3 Å². The highest BCUT2D eigenvalue weighted by Crippen LogP contribution is 2.31. The average molecular weight is 534 g/mol. The minimum absolute atomic E-state index is 0.0678. The van der Waals surface area contributed by atoms with Gasteiger partial charge in [0.1, 0.15) is 10.3 Å². The Bertz CT molecular complexity index is 1270. The Morgan fingerprint density at radius 2 is 1.62 bits per heavy atom. The molecule has 2 aliphatic rings. The number of amides is 2. The highest BCUT2D eigenvalue weighted by atomic mass is 35.5. The third-order valence-electron chi connectivity index (χ3n) is 7.41. The van der Waals surface area contributed by atoms with E-state index >= 15 is 0 Å². The summed E-state index contributed by atoms with van der Waals surface area (Å²) < 4.78 is 0. The van der Waals surface area contributed by atoms with Crippen molar-refractivity contribution in [2.45, 2.75) is 50.6 Å². The number of carbonyl (C=O) groups is 1. The molecule has 2 aromatic carbocycles. The molecule has 5 rings (SSSR count). The van der Waals surface area contributed by atoms with Crippen molar-refractivity contribution in [3.63, 3.8) is 0 Å². The standard InChI is InChI=1S/C29H29Cl2N5O/c30-27-17-23(18-28(31)34-27)33-29(37)36(26-12-14-35(15-13-26)24-6-1-2-7-24)25-10-8-21(9-11-25)22-5-3-4-20(16-22)19-32/h3-5,8-11,16-18,24,26H,1-2,6-7,12-15H2,(H,33,34,37). The van der Waals surface area contributed by atoms with E-state index in [1.165, 1.54) is 25.7 Å². The minimum atomic E-state index is -0.225. The van der Waals surface area contributed by atoms with Gasteiger partial charge in [-0.25, -0.2) is 9.78 Å². The number of likely N-dealkylation sites (tertiary alicyclic amines) is 1. The Hall–Kier alpha value is -3.11. The molecule has 190 valence electrons. The number of pyridine rings is 1. The molecule has 1 saturated heterocycles. The molecule has 2 fully saturated rings. The van der Waals surface area contributed by atoms with Gasteiger partial charge in [0.2, 0.25) is 0 Å². The van der Waals surface area contributed by atoms with Crippen molar-refractivity contribution in [3.05, 3.63) is 76.5 Å². The minimum Gasteiger partial charge on any atom is -0.307 e. The van der Waals surface area contributed by atoms with Crippen molar-refractivity contribution in [3.8, 4) is 17.2 Å². The van der Waals surface area contributed by atoms with Crippen LogP contribution in [-0.2, 0) is 0 Å². The summed E-state index contributed by atoms with van der Waals surface area (Å²) in [4.78, 5) is 22.1. The smallest absolute Gasteiger partial charge is 0.307 e. The fourth-order valence-corrected chi connectivity index (χ4v) is 6.04. The molecule has 8 heteroatoms. The van der Waals surface area contributed by atoms with E-state index in [0.29, 0.717) is 17.3 Å². The molecule has 1 saturated carbocycles. The molecule has 1 aliphatic heterocycles. The van der Waals surface area contributed by atoms with Crippen molar-refractivity contribution in [2.75, 3.05) is 23.3 Å². The van der Waals surface area contributed by atoms with Gasteiger partial charge in [0.05, 0.1) is 11.6 Å². The van der Waals surface area contributed by atoms with Crippen LogP contribution in [0.3, 0.4) is 0 Å². The summed E-state index contributed by atoms with van der Waals surface area (Å²) in [5.41, 5.74) is 3.90. The third-order valence-corrected chi connectivity index (χ3v) is 7.80. The summed E-state index contributed by atoms with van der Waals surface area (Å²) in [6.45, 7) is 1.98. The molecule has 2 heterocycles. The van der Waals surface area contributed by atoms with Crippen molar-refractivity contribution in [1.29, 1.82) is 5.26 Å². The van der Waals surface area contributed by atoms with E-state index in [1.54, 1.807) is 18.2 Å². The first-order valence-corrected chi connectivity index (χ1v) is 13.5. The summed E-state index contributed by atoms with van der Waals surface area (Å²) in [5.74, 6) is 0. The lowest BCUT2D eigenvalue weighted by Crippen LogP contribution is -2.50. The van der Waals surface area contributed by atoms with Gasteiger partial charge in [-0.3, -0.25) is 4.90 Å². The van der Waals surface area contributed by atoms with E-state index in [1.807, 2.05) is 47.4 Å². The van der Waals surface area contributed by atoms with Gasteiger partial charge in [0.15, 0.2) is 0 Å². The number of nitriles is 1. The van der Waals surface area contributed by atoms with Gasteiger partial charge in [-0.2, -0.15) is 5.26 Å². The molecular weight excluding hydrogens is 505 g/mol. The van der Waals surface area contributed by atoms with E-state index < -0.39 is 0 Å². The maximum atomic E-state index is 13.7. The number of anilines is 2. The average Bonchev–Trinajstić information content (AvgIpc) is 3.44. The van der Waals surface area contributed by atoms with Gasteiger partial charge in [-0.1, -0.05) is 60.3 Å². The largest absolute Gasteiger partial charge is 0.326 e. The molecule has 0 bridgehead atoms. The molecule has 1 aromatic heterocycles. The predicted octanol–water partition coefficient (Wildman–Crippen LogP) is 7.37. The predicted molar refractivity (Wildman–Crippen MR) is 149 cm³/mol. The summed E-state index contributed by atoms with van der Waals surface area (Å²) in [6.07, 6.45) is 7.03. The first-order valence-electron chi connectivity index (χ1n) is 12.8. The molecule has 1 aliphatic carbocycles. The number of hydrogen-bond acceptors (Lipinski definition) is 4. The molecule has 0 unspecified atom stereocenters. The van der Waals surface area contributed by atoms with Crippen LogP contribution < -0.4 is 10.2 Å². The van der Waals surface area contributed by atoms with E-state index in [9.17, 15) is 10.1 Å². The van der Waals surface area contributed by atoms with Crippen molar-refractivity contribution in [2.24, 2.45) is 0 Å². The Balaban J connectivity index is 1.39. The zero-order chi connectivity index (χ0) is 25.8. The Labute approximate surface area is 227 Å². The SMILES string of the molecule is N#Cc1cccc(-c2ccc(N(C(=O)Nc3cc(Cl)nc(Cl)c3)C3CCN(C4CCCC4)CC3)cc2)c1. The van der Waals surface area contributed by atoms with E-state index in [2.05, 4.69) is 21.3 Å². The molecule has 0 atom stereocenters. The molecule has 0 spiro atoms. The second kappa shape index (κ2) is 11.5. The lowest BCUT2D eigenvalue weighted by molar-refractivity contribution is 0.153. The van der Waals surface area contributed by atoms with Gasteiger partial charge in [-0.05, 0) is 73.2 Å². The third kappa shape index (κ3) is 6.07. The topological polar surface area (TPSA) is 72.3 Å². The Kier molecular flexibility index (Phi) is 7.95. The highest BCUT2D eigenvalue weighted by Gasteiger charge is 2.32. The number of nitrogens with zero attached hydrogens (tertiary/aromatic N) is 4. The molecular formula is C29H29Cl2N5O. The first-order chi connectivity index (χ1) is 18.0. The summed E-state index contributed by atoms with van der Waals surface area (Å²) in [5, 5.41) is 12.7. The van der Waals surface area contributed by atoms with Gasteiger partial charge in [0.25, 0.3) is 0 Å². The summed E-state index contributed by atoms with van der Waals surface area (Å²) in [7, 11) is 0. The van der Waals surface area contributed by atoms with Crippen molar-refractivity contribution >= 4 is 40.6 Å². The fraction of sp³-hybridized carbons (Fsp3) is 0.345. The lowest BCUT2D eigenvalue weighted by atomic mass is 9.99. The zero-order valence-corrected chi connectivity index (χ0v) is 22.0. The molecule has 2 amide bonds. The lowest BCUT2D eigenvalue weighted by Gasteiger charge is -2.40. The van der Waals surface area contributed by atoms with Crippen molar-refractivity contribution < 1.29 is 4.79 Å². The number of halogens is 2. The van der Waals surface area contributed by atoms with Crippen LogP contribution in [0.25, 0.3) is 11.1 Å². The van der Waals surface area contributed by atoms with Crippen molar-refractivity contribution in [1.82, 2.24) is 9.88 Å². The second-order valence-electron chi connectivity index (χ2n) is 9.75. The van der Waals surface area contributed by atoms with Crippen LogP contribution in [0.1, 0.15) is 44.1 Å². The number of urea groups is 1. The maximum Gasteiger partial charge on any atom is 0.326 e. The van der Waals surface area contributed by atoms with E-state index in [-0.39, 0.29) is 22.4 Å². The van der Waals surface area contributed by atoms with E-state index in [0.717, 1.165) is 42.7 Å². The van der Waals surface area contributed by atoms with Crippen LogP contribution in [0, 0.1) is 11.3 Å². The molecule has 6 nitrogen and oxygen atoms in total. The zero-order valence-electron chi connectivity index (χ0n) is 20.5. The first kappa shape index (κ1) is 25.5. The maximum absolute atomic E-state index is 13.7. The fourth-order valence-electron chi connectivity index (χ4n) is 5.58. The summed E-state index contributed by atoms with van der Waals surface area (Å²) in [6, 6.07) is 21.4. The second-order valence-corrected chi connectivity index (χ2v) is 10.5. The number of rotatable bonds is 5. The van der Waals surface area contributed by atoms with E-state index in [4.69, 9.17) is 23.2 Å². The van der Waals surface area contributed by atoms with Crippen LogP contribution >= 0.6 is 23.2 Å². The number of aromatic nitrogens is 1. The van der Waals surface area contributed by atoms with Gasteiger partial charge in [-0.15, -0.1) is 0 Å². The number of nitrogens with one attached hydrogen (secondary N) is 1. The normalized spacial score (nSPS) is 16.9. The van der Waals surface area contributed by atoms with Crippen LogP contribution in [0.5, 0.6) is 0 Å². The molecule has 3 aromatic rings. The van der Waals surface area contributed by atoms with Gasteiger partial charge < -0.3 is 10.2 Å². The molecule has 37 heavy (non-hydrogen) atoms. The number of hydrogen-bond donors (Lipinski definition) is 1. The summed E-state index contributed by atoms with van der Waals surface area (Å²) >= 11 is 12.1. The molecule has 1 N–H and O–H groups in total. The monoisotopic (exact) mass is 533 g/mol. The Morgan fingerprint density at radius 3 is 2.27 bits per heavy atom. The number of carbonyl (C=O) groups excluding carboxylic acids is 1. The van der Waals surface area contributed by atoms with Crippen LogP contribution in [0.4, 0.5) is 16.2 Å². The van der Waals surface area contributed by atoms with Crippen LogP contribution in [-0.4, -0.2) is 41.1 Å². The number of benzene rings is 2. The van der Waals surface area contributed by atoms with Crippen LogP contribution in [0.15, 0.2) is 60.7 Å². The number of piperidine rings is 1. The highest BCUT2D eigenvalue weighted by molar-refractivity contribution is 6.33.